The second-order valence-electron chi connectivity index (χ2n) is 4.11. The van der Waals surface area contributed by atoms with Crippen LogP contribution in [-0.4, -0.2) is 17.0 Å². The van der Waals surface area contributed by atoms with Crippen LogP contribution in [-0.2, 0) is 4.79 Å². The molecule has 5 heteroatoms. The van der Waals surface area contributed by atoms with Gasteiger partial charge in [-0.3, -0.25) is 4.79 Å². The lowest BCUT2D eigenvalue weighted by Gasteiger charge is -2.14. The molecule has 0 aliphatic rings. The van der Waals surface area contributed by atoms with Crippen LogP contribution in [0.4, 0.5) is 11.4 Å². The van der Waals surface area contributed by atoms with E-state index in [1.54, 1.807) is 6.07 Å². The molecule has 0 aliphatic carbocycles. The second kappa shape index (κ2) is 6.05. The normalized spacial score (nSPS) is 10.4. The first kappa shape index (κ1) is 14.0. The van der Waals surface area contributed by atoms with Crippen molar-refractivity contribution in [1.29, 1.82) is 0 Å². The number of rotatable bonds is 5. The smallest absolute Gasteiger partial charge is 0.337 e. The number of carbonyl (C=O) groups excluding carboxylic acids is 1. The van der Waals surface area contributed by atoms with Crippen molar-refractivity contribution in [2.75, 3.05) is 11.1 Å². The van der Waals surface area contributed by atoms with Crippen molar-refractivity contribution in [1.82, 2.24) is 0 Å². The van der Waals surface area contributed by atoms with Crippen molar-refractivity contribution in [2.24, 2.45) is 5.92 Å². The predicted molar refractivity (Wildman–Crippen MR) is 70.5 cm³/mol. The molecule has 0 unspecified atom stereocenters. The average molecular weight is 250 g/mol. The minimum absolute atomic E-state index is 0.00862. The molecule has 1 aromatic rings. The number of aromatic carboxylic acids is 1. The summed E-state index contributed by atoms with van der Waals surface area (Å²) in [5.74, 6) is -1.38. The number of carboxylic acid groups (broad SMARTS) is 1. The lowest BCUT2D eigenvalue weighted by atomic mass is 10.0. The summed E-state index contributed by atoms with van der Waals surface area (Å²) in [7, 11) is 0. The third-order valence-corrected chi connectivity index (χ3v) is 2.89. The Morgan fingerprint density at radius 3 is 2.44 bits per heavy atom. The number of benzene rings is 1. The molecule has 0 bridgehead atoms. The van der Waals surface area contributed by atoms with Gasteiger partial charge in [0.15, 0.2) is 0 Å². The van der Waals surface area contributed by atoms with E-state index in [1.807, 2.05) is 13.8 Å². The van der Waals surface area contributed by atoms with Crippen LogP contribution in [0.15, 0.2) is 18.2 Å². The number of nitrogens with two attached hydrogens (primary N) is 1. The molecule has 18 heavy (non-hydrogen) atoms. The van der Waals surface area contributed by atoms with Crippen molar-refractivity contribution in [3.63, 3.8) is 0 Å². The van der Waals surface area contributed by atoms with Crippen molar-refractivity contribution in [3.05, 3.63) is 23.8 Å². The van der Waals surface area contributed by atoms with Gasteiger partial charge in [0.1, 0.15) is 0 Å². The molecule has 0 fully saturated rings. The first-order valence-electron chi connectivity index (χ1n) is 5.93. The monoisotopic (exact) mass is 250 g/mol. The molecule has 98 valence electrons. The highest BCUT2D eigenvalue weighted by molar-refractivity contribution is 6.01. The first-order chi connectivity index (χ1) is 8.49. The van der Waals surface area contributed by atoms with Crippen LogP contribution in [0.3, 0.4) is 0 Å². The van der Waals surface area contributed by atoms with E-state index < -0.39 is 5.97 Å². The number of anilines is 2. The number of carbonyl (C=O) groups is 2. The highest BCUT2D eigenvalue weighted by atomic mass is 16.4. The van der Waals surface area contributed by atoms with Gasteiger partial charge in [0.2, 0.25) is 5.91 Å². The number of carboxylic acids is 1. The van der Waals surface area contributed by atoms with E-state index in [0.29, 0.717) is 5.69 Å². The maximum absolute atomic E-state index is 11.9. The molecule has 0 aliphatic heterocycles. The number of amides is 1. The Hall–Kier alpha value is -2.04. The number of hydrogen-bond acceptors (Lipinski definition) is 3. The summed E-state index contributed by atoms with van der Waals surface area (Å²) >= 11 is 0. The number of nitrogen functional groups attached to an aromatic ring is 1. The number of hydrogen-bond donors (Lipinski definition) is 3. The van der Waals surface area contributed by atoms with Crippen LogP contribution < -0.4 is 11.1 Å². The Kier molecular flexibility index (Phi) is 4.71. The summed E-state index contributed by atoms with van der Waals surface area (Å²) in [4.78, 5) is 23.0. The van der Waals surface area contributed by atoms with Crippen LogP contribution >= 0.6 is 0 Å². The fraction of sp³-hybridized carbons (Fsp3) is 0.385. The van der Waals surface area contributed by atoms with E-state index in [1.165, 1.54) is 12.1 Å². The summed E-state index contributed by atoms with van der Waals surface area (Å²) in [5.41, 5.74) is 6.18. The molecular weight excluding hydrogens is 232 g/mol. The molecular formula is C13H18N2O3. The van der Waals surface area contributed by atoms with Gasteiger partial charge in [0.05, 0.1) is 11.3 Å². The van der Waals surface area contributed by atoms with E-state index in [-0.39, 0.29) is 23.1 Å². The molecule has 0 spiro atoms. The van der Waals surface area contributed by atoms with E-state index >= 15 is 0 Å². The van der Waals surface area contributed by atoms with Crippen molar-refractivity contribution in [2.45, 2.75) is 26.7 Å². The maximum Gasteiger partial charge on any atom is 0.337 e. The zero-order valence-electron chi connectivity index (χ0n) is 10.6. The summed E-state index contributed by atoms with van der Waals surface area (Å²) < 4.78 is 0. The average Bonchev–Trinajstić information content (AvgIpc) is 2.32. The zero-order valence-corrected chi connectivity index (χ0v) is 10.6. The van der Waals surface area contributed by atoms with E-state index in [2.05, 4.69) is 5.32 Å². The fourth-order valence-corrected chi connectivity index (χ4v) is 1.74. The second-order valence-corrected chi connectivity index (χ2v) is 4.11. The zero-order chi connectivity index (χ0) is 13.7. The van der Waals surface area contributed by atoms with E-state index in [4.69, 9.17) is 10.8 Å². The largest absolute Gasteiger partial charge is 0.478 e. The third-order valence-electron chi connectivity index (χ3n) is 2.89. The highest BCUT2D eigenvalue weighted by Gasteiger charge is 2.17. The van der Waals surface area contributed by atoms with Gasteiger partial charge >= 0.3 is 5.97 Å². The quantitative estimate of drug-likeness (QED) is 0.699. The molecule has 0 saturated heterocycles. The van der Waals surface area contributed by atoms with Crippen molar-refractivity contribution in [3.8, 4) is 0 Å². The Morgan fingerprint density at radius 2 is 1.94 bits per heavy atom. The Balaban J connectivity index is 2.97. The molecule has 1 rings (SSSR count). The van der Waals surface area contributed by atoms with Crippen molar-refractivity contribution >= 4 is 23.3 Å². The van der Waals surface area contributed by atoms with Crippen LogP contribution in [0.1, 0.15) is 37.0 Å². The lowest BCUT2D eigenvalue weighted by molar-refractivity contribution is -0.120. The third kappa shape index (κ3) is 3.23. The highest BCUT2D eigenvalue weighted by Crippen LogP contribution is 2.20. The van der Waals surface area contributed by atoms with Crippen molar-refractivity contribution < 1.29 is 14.7 Å². The van der Waals surface area contributed by atoms with E-state index in [9.17, 15) is 9.59 Å². The van der Waals surface area contributed by atoms with Gasteiger partial charge in [-0.2, -0.15) is 0 Å². The molecule has 1 amide bonds. The molecule has 0 aromatic heterocycles. The van der Waals surface area contributed by atoms with Crippen LogP contribution in [0, 0.1) is 5.92 Å². The molecule has 4 N–H and O–H groups in total. The Morgan fingerprint density at radius 1 is 1.33 bits per heavy atom. The van der Waals surface area contributed by atoms with Gasteiger partial charge in [-0.05, 0) is 31.0 Å². The maximum atomic E-state index is 11.9. The SMILES string of the molecule is CCC(CC)C(=O)Nc1ccc(N)cc1C(=O)O. The van der Waals surface area contributed by atoms with Gasteiger partial charge in [-0.25, -0.2) is 4.79 Å². The van der Waals surface area contributed by atoms with Gasteiger partial charge < -0.3 is 16.2 Å². The number of nitrogens with one attached hydrogen (secondary N) is 1. The standard InChI is InChI=1S/C13H18N2O3/c1-3-8(4-2)12(16)15-11-6-5-9(14)7-10(11)13(17)18/h5-8H,3-4,14H2,1-2H3,(H,15,16)(H,17,18). The Bertz CT molecular complexity index is 454. The summed E-state index contributed by atoms with van der Waals surface area (Å²) in [6.07, 6.45) is 1.44. The van der Waals surface area contributed by atoms with Gasteiger partial charge in [-0.1, -0.05) is 13.8 Å². The van der Waals surface area contributed by atoms with Crippen LogP contribution in [0.25, 0.3) is 0 Å². The molecule has 0 atom stereocenters. The summed E-state index contributed by atoms with van der Waals surface area (Å²) in [6.45, 7) is 3.85. The summed E-state index contributed by atoms with van der Waals surface area (Å²) in [5, 5.41) is 11.7. The van der Waals surface area contributed by atoms with Crippen LogP contribution in [0.2, 0.25) is 0 Å². The van der Waals surface area contributed by atoms with Gasteiger partial charge in [0, 0.05) is 11.6 Å². The molecule has 1 aromatic carbocycles. The minimum Gasteiger partial charge on any atom is -0.478 e. The minimum atomic E-state index is -1.11. The molecule has 5 nitrogen and oxygen atoms in total. The van der Waals surface area contributed by atoms with Gasteiger partial charge in [0.25, 0.3) is 0 Å². The lowest BCUT2D eigenvalue weighted by Crippen LogP contribution is -2.23. The Labute approximate surface area is 106 Å². The first-order valence-corrected chi connectivity index (χ1v) is 5.93. The fourth-order valence-electron chi connectivity index (χ4n) is 1.74. The predicted octanol–water partition coefficient (Wildman–Crippen LogP) is 2.34. The molecule has 0 heterocycles. The van der Waals surface area contributed by atoms with E-state index in [0.717, 1.165) is 12.8 Å². The molecule has 0 radical (unpaired) electrons. The van der Waals surface area contributed by atoms with Crippen LogP contribution in [0.5, 0.6) is 0 Å². The van der Waals surface area contributed by atoms with Gasteiger partial charge in [-0.15, -0.1) is 0 Å². The topological polar surface area (TPSA) is 92.4 Å². The molecule has 0 saturated carbocycles. The summed E-state index contributed by atoms with van der Waals surface area (Å²) in [6, 6.07) is 4.42.